The molecule has 0 saturated heterocycles. The summed E-state index contributed by atoms with van der Waals surface area (Å²) in [6.45, 7) is 2.51. The number of benzene rings is 1. The van der Waals surface area contributed by atoms with E-state index in [2.05, 4.69) is 20.1 Å². The van der Waals surface area contributed by atoms with Crippen LogP contribution in [0.25, 0.3) is 22.6 Å². The second-order valence-corrected chi connectivity index (χ2v) is 7.08. The van der Waals surface area contributed by atoms with Crippen molar-refractivity contribution >= 4 is 22.8 Å². The first-order valence-corrected chi connectivity index (χ1v) is 9.49. The van der Waals surface area contributed by atoms with Crippen LogP contribution in [0.3, 0.4) is 0 Å². The molecule has 30 heavy (non-hydrogen) atoms. The van der Waals surface area contributed by atoms with Crippen molar-refractivity contribution in [3.8, 4) is 11.4 Å². The third kappa shape index (κ3) is 3.82. The summed E-state index contributed by atoms with van der Waals surface area (Å²) in [6, 6.07) is 5.07. The molecular weight excluding hydrogens is 421 g/mol. The molecule has 4 rings (SSSR count). The average Bonchev–Trinajstić information content (AvgIpc) is 3.32. The van der Waals surface area contributed by atoms with Crippen LogP contribution in [-0.4, -0.2) is 29.3 Å². The minimum absolute atomic E-state index is 0.0626. The van der Waals surface area contributed by atoms with Gasteiger partial charge in [-0.15, -0.1) is 0 Å². The van der Waals surface area contributed by atoms with Gasteiger partial charge in [0.15, 0.2) is 11.2 Å². The zero-order valence-electron chi connectivity index (χ0n) is 15.7. The van der Waals surface area contributed by atoms with Crippen LogP contribution in [0.5, 0.6) is 0 Å². The molecule has 1 N–H and O–H groups in total. The van der Waals surface area contributed by atoms with E-state index in [9.17, 15) is 18.0 Å². The summed E-state index contributed by atoms with van der Waals surface area (Å²) < 4.78 is 41.5. The number of hydrogen-bond acceptors (Lipinski definition) is 4. The second-order valence-electron chi connectivity index (χ2n) is 6.75. The first kappa shape index (κ1) is 20.1. The van der Waals surface area contributed by atoms with E-state index in [0.29, 0.717) is 23.5 Å². The van der Waals surface area contributed by atoms with E-state index in [4.69, 9.17) is 11.6 Å². The van der Waals surface area contributed by atoms with Crippen LogP contribution in [0.4, 0.5) is 13.2 Å². The Labute approximate surface area is 173 Å². The summed E-state index contributed by atoms with van der Waals surface area (Å²) in [6.07, 6.45) is -0.545. The van der Waals surface area contributed by atoms with Gasteiger partial charge in [-0.3, -0.25) is 14.0 Å². The molecule has 7 nitrogen and oxygen atoms in total. The van der Waals surface area contributed by atoms with E-state index in [1.165, 1.54) is 21.5 Å². The van der Waals surface area contributed by atoms with Crippen molar-refractivity contribution in [2.45, 2.75) is 32.6 Å². The van der Waals surface area contributed by atoms with Gasteiger partial charge in [0.1, 0.15) is 5.82 Å². The fourth-order valence-electron chi connectivity index (χ4n) is 3.12. The van der Waals surface area contributed by atoms with E-state index < -0.39 is 11.7 Å². The van der Waals surface area contributed by atoms with Crippen molar-refractivity contribution in [2.75, 3.05) is 0 Å². The molecule has 3 heterocycles. The van der Waals surface area contributed by atoms with Crippen molar-refractivity contribution in [1.29, 1.82) is 0 Å². The predicted molar refractivity (Wildman–Crippen MR) is 105 cm³/mol. The number of rotatable bonds is 5. The van der Waals surface area contributed by atoms with Gasteiger partial charge >= 0.3 is 6.18 Å². The largest absolute Gasteiger partial charge is 0.416 e. The van der Waals surface area contributed by atoms with Crippen LogP contribution in [0.1, 0.15) is 24.5 Å². The molecular formula is C19H16ClF3N6O. The fourth-order valence-corrected chi connectivity index (χ4v) is 3.36. The Hall–Kier alpha value is -3.14. The van der Waals surface area contributed by atoms with Crippen LogP contribution in [0.2, 0.25) is 5.28 Å². The Morgan fingerprint density at radius 1 is 1.23 bits per heavy atom. The monoisotopic (exact) mass is 436 g/mol. The number of fused-ring (bicyclic) bond motifs is 1. The van der Waals surface area contributed by atoms with Gasteiger partial charge in [0.05, 0.1) is 23.9 Å². The molecule has 0 fully saturated rings. The Bertz CT molecular complexity index is 1270. The SMILES string of the molecule is CCCn1c(Cl)nc2nc(-c3cnn(Cc4cccc(C(F)(F)F)c4)c3)[nH]c2c1=O. The minimum atomic E-state index is -4.40. The molecule has 11 heteroatoms. The quantitative estimate of drug-likeness (QED) is 0.477. The summed E-state index contributed by atoms with van der Waals surface area (Å²) in [4.78, 5) is 24.0. The van der Waals surface area contributed by atoms with Crippen molar-refractivity contribution < 1.29 is 13.2 Å². The van der Waals surface area contributed by atoms with Gasteiger partial charge in [-0.2, -0.15) is 23.3 Å². The van der Waals surface area contributed by atoms with E-state index in [1.807, 2.05) is 6.92 Å². The first-order valence-electron chi connectivity index (χ1n) is 9.11. The van der Waals surface area contributed by atoms with Crippen molar-refractivity contribution in [1.82, 2.24) is 29.3 Å². The lowest BCUT2D eigenvalue weighted by molar-refractivity contribution is -0.137. The molecule has 0 aliphatic rings. The van der Waals surface area contributed by atoms with Crippen molar-refractivity contribution in [3.63, 3.8) is 0 Å². The summed E-state index contributed by atoms with van der Waals surface area (Å²) in [5, 5.41) is 4.25. The van der Waals surface area contributed by atoms with Crippen LogP contribution in [0, 0.1) is 0 Å². The molecule has 0 saturated carbocycles. The summed E-state index contributed by atoms with van der Waals surface area (Å²) in [5.41, 5.74) is 0.418. The molecule has 156 valence electrons. The Morgan fingerprint density at radius 2 is 2.03 bits per heavy atom. The van der Waals surface area contributed by atoms with E-state index in [-0.39, 0.29) is 28.6 Å². The standard InChI is InChI=1S/C19H16ClF3N6O/c1-2-6-29-17(30)14-16(27-18(29)20)26-15(25-14)12-8-24-28(10-12)9-11-4-3-5-13(7-11)19(21,22)23/h3-5,7-8,10H,2,6,9H2,1H3,(H,25,26). The maximum Gasteiger partial charge on any atom is 0.416 e. The molecule has 4 aromatic rings. The lowest BCUT2D eigenvalue weighted by Crippen LogP contribution is -2.22. The van der Waals surface area contributed by atoms with Gasteiger partial charge in [0.25, 0.3) is 5.56 Å². The van der Waals surface area contributed by atoms with Gasteiger partial charge < -0.3 is 4.98 Å². The summed E-state index contributed by atoms with van der Waals surface area (Å²) >= 11 is 6.08. The third-order valence-electron chi connectivity index (χ3n) is 4.52. The number of aromatic amines is 1. The molecule has 3 aromatic heterocycles. The molecule has 0 aliphatic carbocycles. The maximum absolute atomic E-state index is 12.9. The lowest BCUT2D eigenvalue weighted by Gasteiger charge is -2.08. The first-order chi connectivity index (χ1) is 14.3. The number of halogens is 4. The highest BCUT2D eigenvalue weighted by atomic mass is 35.5. The smallest absolute Gasteiger partial charge is 0.332 e. The fraction of sp³-hybridized carbons (Fsp3) is 0.263. The molecule has 0 atom stereocenters. The Kier molecular flexibility index (Phi) is 5.10. The lowest BCUT2D eigenvalue weighted by atomic mass is 10.1. The second kappa shape index (κ2) is 7.60. The zero-order valence-corrected chi connectivity index (χ0v) is 16.5. The van der Waals surface area contributed by atoms with Gasteiger partial charge in [0.2, 0.25) is 5.28 Å². The summed E-state index contributed by atoms with van der Waals surface area (Å²) in [5.74, 6) is 0.371. The Balaban J connectivity index is 1.64. The molecule has 1 aromatic carbocycles. The number of nitrogens with zero attached hydrogens (tertiary/aromatic N) is 5. The van der Waals surface area contributed by atoms with Crippen LogP contribution >= 0.6 is 11.6 Å². The zero-order chi connectivity index (χ0) is 21.5. The van der Waals surface area contributed by atoms with Crippen molar-refractivity contribution in [2.24, 2.45) is 0 Å². The van der Waals surface area contributed by atoms with Gasteiger partial charge in [-0.05, 0) is 35.7 Å². The molecule has 0 aliphatic heterocycles. The number of H-pyrrole nitrogens is 1. The van der Waals surface area contributed by atoms with Crippen LogP contribution < -0.4 is 5.56 Å². The number of imidazole rings is 1. The third-order valence-corrected chi connectivity index (χ3v) is 4.81. The van der Waals surface area contributed by atoms with E-state index >= 15 is 0 Å². The average molecular weight is 437 g/mol. The number of aromatic nitrogens is 6. The van der Waals surface area contributed by atoms with Crippen molar-refractivity contribution in [3.05, 3.63) is 63.4 Å². The van der Waals surface area contributed by atoms with E-state index in [0.717, 1.165) is 18.6 Å². The Morgan fingerprint density at radius 3 is 2.77 bits per heavy atom. The van der Waals surface area contributed by atoms with Crippen LogP contribution in [0.15, 0.2) is 41.5 Å². The highest BCUT2D eigenvalue weighted by Crippen LogP contribution is 2.29. The molecule has 0 unspecified atom stereocenters. The van der Waals surface area contributed by atoms with Gasteiger partial charge in [-0.25, -0.2) is 4.98 Å². The predicted octanol–water partition coefficient (Wildman–Crippen LogP) is 4.11. The molecule has 0 spiro atoms. The normalized spacial score (nSPS) is 12.0. The van der Waals surface area contributed by atoms with Gasteiger partial charge in [-0.1, -0.05) is 19.1 Å². The van der Waals surface area contributed by atoms with Gasteiger partial charge in [0, 0.05) is 12.7 Å². The highest BCUT2D eigenvalue weighted by molar-refractivity contribution is 6.28. The number of nitrogens with one attached hydrogen (secondary N) is 1. The maximum atomic E-state index is 12.9. The van der Waals surface area contributed by atoms with Crippen LogP contribution in [-0.2, 0) is 19.3 Å². The highest BCUT2D eigenvalue weighted by Gasteiger charge is 2.30. The molecule has 0 bridgehead atoms. The number of hydrogen-bond donors (Lipinski definition) is 1. The minimum Gasteiger partial charge on any atom is -0.332 e. The molecule has 0 amide bonds. The van der Waals surface area contributed by atoms with E-state index in [1.54, 1.807) is 12.3 Å². The summed E-state index contributed by atoms with van der Waals surface area (Å²) in [7, 11) is 0. The molecule has 0 radical (unpaired) electrons. The number of alkyl halides is 3. The topological polar surface area (TPSA) is 81.4 Å².